The van der Waals surface area contributed by atoms with E-state index >= 15 is 0 Å². The summed E-state index contributed by atoms with van der Waals surface area (Å²) in [5.41, 5.74) is 0.810. The summed E-state index contributed by atoms with van der Waals surface area (Å²) >= 11 is 0. The molecule has 0 radical (unpaired) electrons. The van der Waals surface area contributed by atoms with Gasteiger partial charge in [0.2, 0.25) is 0 Å². The smallest absolute Gasteiger partial charge is 0.162 e. The van der Waals surface area contributed by atoms with Crippen molar-refractivity contribution < 1.29 is 4.79 Å². The molecule has 0 aromatic heterocycles. The summed E-state index contributed by atoms with van der Waals surface area (Å²) in [7, 11) is 0. The zero-order valence-electron chi connectivity index (χ0n) is 13.5. The minimum Gasteiger partial charge on any atom is -0.294 e. The predicted molar refractivity (Wildman–Crippen MR) is 86.8 cm³/mol. The molecule has 0 atom stereocenters. The number of rotatable bonds is 5. The van der Waals surface area contributed by atoms with Crippen LogP contribution in [0.5, 0.6) is 0 Å². The fraction of sp³-hybridized carbons (Fsp3) is 0.611. The molecule has 0 saturated heterocycles. The summed E-state index contributed by atoms with van der Waals surface area (Å²) in [6.07, 6.45) is 7.37. The van der Waals surface area contributed by atoms with Crippen LogP contribution in [-0.4, -0.2) is 5.78 Å². The Balaban J connectivity index is 0. The Labute approximate surface area is 120 Å². The third kappa shape index (κ3) is 14.8. The highest BCUT2D eigenvalue weighted by atomic mass is 16.1. The lowest BCUT2D eigenvalue weighted by molar-refractivity contribution is 0.0988. The lowest BCUT2D eigenvalue weighted by atomic mass is 10.1. The maximum absolute atomic E-state index is 11.0. The number of unbranched alkanes of at least 4 members (excludes halogenated alkanes) is 3. The van der Waals surface area contributed by atoms with Crippen LogP contribution in [0, 0.1) is 0 Å². The second-order valence-electron chi connectivity index (χ2n) is 4.56. The van der Waals surface area contributed by atoms with E-state index in [1.54, 1.807) is 0 Å². The van der Waals surface area contributed by atoms with Gasteiger partial charge in [-0.3, -0.25) is 4.79 Å². The molecule has 0 aliphatic carbocycles. The topological polar surface area (TPSA) is 17.1 Å². The Hall–Kier alpha value is -1.11. The molecule has 0 heterocycles. The van der Waals surface area contributed by atoms with Crippen molar-refractivity contribution in [2.75, 3.05) is 0 Å². The summed E-state index contributed by atoms with van der Waals surface area (Å²) in [4.78, 5) is 11.0. The molecule has 19 heavy (non-hydrogen) atoms. The summed E-state index contributed by atoms with van der Waals surface area (Å²) in [6, 6.07) is 9.34. The van der Waals surface area contributed by atoms with Crippen LogP contribution in [0.1, 0.15) is 83.5 Å². The standard InChI is InChI=1S/C9H10O.C6H14.C3H8/c1-2-9(10)8-6-4-3-5-7-8;1-3-5-6-4-2;1-3-2/h3-7H,2H2,1H3;3-6H2,1-2H3;3H2,1-2H3. The van der Waals surface area contributed by atoms with Gasteiger partial charge in [0.1, 0.15) is 0 Å². The van der Waals surface area contributed by atoms with Gasteiger partial charge in [-0.05, 0) is 0 Å². The number of ketones is 1. The van der Waals surface area contributed by atoms with E-state index in [1.807, 2.05) is 37.3 Å². The summed E-state index contributed by atoms with van der Waals surface area (Å²) < 4.78 is 0. The van der Waals surface area contributed by atoms with Crippen molar-refractivity contribution >= 4 is 5.78 Å². The van der Waals surface area contributed by atoms with Crippen LogP contribution >= 0.6 is 0 Å². The van der Waals surface area contributed by atoms with Crippen molar-refractivity contribution in [2.45, 2.75) is 73.1 Å². The molecule has 1 nitrogen and oxygen atoms in total. The fourth-order valence-electron chi connectivity index (χ4n) is 1.33. The van der Waals surface area contributed by atoms with Crippen LogP contribution in [0.4, 0.5) is 0 Å². The molecule has 0 spiro atoms. The zero-order chi connectivity index (χ0) is 14.9. The number of carbonyl (C=O) groups excluding carboxylic acids is 1. The minimum absolute atomic E-state index is 0.209. The molecule has 0 unspecified atom stereocenters. The van der Waals surface area contributed by atoms with Gasteiger partial charge in [0, 0.05) is 12.0 Å². The predicted octanol–water partition coefficient (Wildman–Crippen LogP) is 6.28. The second-order valence-corrected chi connectivity index (χ2v) is 4.56. The van der Waals surface area contributed by atoms with Gasteiger partial charge in [-0.2, -0.15) is 0 Å². The molecule has 1 aromatic rings. The molecule has 110 valence electrons. The van der Waals surface area contributed by atoms with E-state index in [9.17, 15) is 4.79 Å². The van der Waals surface area contributed by atoms with Crippen LogP contribution < -0.4 is 0 Å². The average molecular weight is 264 g/mol. The van der Waals surface area contributed by atoms with Crippen molar-refractivity contribution in [1.82, 2.24) is 0 Å². The third-order valence-electron chi connectivity index (χ3n) is 2.37. The minimum atomic E-state index is 0.209. The SMILES string of the molecule is CCC.CCC(=O)c1ccccc1.CCCCCC. The highest BCUT2D eigenvalue weighted by molar-refractivity contribution is 5.95. The Kier molecular flexibility index (Phi) is 18.0. The number of Topliss-reactive ketones (excluding diaryl/α,β-unsaturated/α-hetero) is 1. The Bertz CT molecular complexity index is 273. The largest absolute Gasteiger partial charge is 0.294 e. The highest BCUT2D eigenvalue weighted by Gasteiger charge is 1.98. The Morgan fingerprint density at radius 3 is 1.58 bits per heavy atom. The molecular formula is C18H32O. The van der Waals surface area contributed by atoms with Crippen LogP contribution in [0.15, 0.2) is 30.3 Å². The molecule has 1 rings (SSSR count). The maximum atomic E-state index is 11.0. The third-order valence-corrected chi connectivity index (χ3v) is 2.37. The van der Waals surface area contributed by atoms with Gasteiger partial charge in [-0.1, -0.05) is 97.1 Å². The van der Waals surface area contributed by atoms with Crippen LogP contribution in [0.3, 0.4) is 0 Å². The molecule has 0 amide bonds. The van der Waals surface area contributed by atoms with Gasteiger partial charge in [0.05, 0.1) is 0 Å². The number of hydrogen-bond acceptors (Lipinski definition) is 1. The first-order valence-electron chi connectivity index (χ1n) is 7.75. The molecule has 0 fully saturated rings. The van der Waals surface area contributed by atoms with E-state index in [1.165, 1.54) is 32.1 Å². The van der Waals surface area contributed by atoms with Gasteiger partial charge in [-0.15, -0.1) is 0 Å². The first-order valence-corrected chi connectivity index (χ1v) is 7.75. The highest BCUT2D eigenvalue weighted by Crippen LogP contribution is 2.01. The molecule has 0 saturated carbocycles. The van der Waals surface area contributed by atoms with Gasteiger partial charge >= 0.3 is 0 Å². The van der Waals surface area contributed by atoms with Crippen LogP contribution in [0.2, 0.25) is 0 Å². The van der Waals surface area contributed by atoms with Gasteiger partial charge < -0.3 is 0 Å². The molecule has 0 bridgehead atoms. The van der Waals surface area contributed by atoms with E-state index in [4.69, 9.17) is 0 Å². The fourth-order valence-corrected chi connectivity index (χ4v) is 1.33. The number of benzene rings is 1. The monoisotopic (exact) mass is 264 g/mol. The second kappa shape index (κ2) is 16.9. The summed E-state index contributed by atoms with van der Waals surface area (Å²) in [6.45, 7) is 10.6. The quantitative estimate of drug-likeness (QED) is 0.451. The van der Waals surface area contributed by atoms with Gasteiger partial charge in [-0.25, -0.2) is 0 Å². The molecule has 0 aliphatic rings. The van der Waals surface area contributed by atoms with E-state index in [0.717, 1.165) is 5.56 Å². The summed E-state index contributed by atoms with van der Waals surface area (Å²) in [5.74, 6) is 0.209. The van der Waals surface area contributed by atoms with Gasteiger partial charge in [0.25, 0.3) is 0 Å². The van der Waals surface area contributed by atoms with Crippen molar-refractivity contribution in [3.63, 3.8) is 0 Å². The van der Waals surface area contributed by atoms with Crippen molar-refractivity contribution in [1.29, 1.82) is 0 Å². The van der Waals surface area contributed by atoms with Crippen molar-refractivity contribution in [2.24, 2.45) is 0 Å². The van der Waals surface area contributed by atoms with E-state index < -0.39 is 0 Å². The molecule has 0 aliphatic heterocycles. The van der Waals surface area contributed by atoms with Crippen molar-refractivity contribution in [3.8, 4) is 0 Å². The number of hydrogen-bond donors (Lipinski definition) is 0. The normalized spacial score (nSPS) is 8.68. The summed E-state index contributed by atoms with van der Waals surface area (Å²) in [5, 5.41) is 0. The van der Waals surface area contributed by atoms with Crippen LogP contribution in [0.25, 0.3) is 0 Å². The molecule has 1 heteroatoms. The Morgan fingerprint density at radius 1 is 0.842 bits per heavy atom. The lowest BCUT2D eigenvalue weighted by Crippen LogP contribution is -1.94. The number of carbonyl (C=O) groups is 1. The molecule has 0 N–H and O–H groups in total. The first kappa shape index (κ1) is 20.2. The maximum Gasteiger partial charge on any atom is 0.162 e. The van der Waals surface area contributed by atoms with E-state index in [-0.39, 0.29) is 5.78 Å². The molecular weight excluding hydrogens is 232 g/mol. The average Bonchev–Trinajstić information content (AvgIpc) is 2.46. The van der Waals surface area contributed by atoms with E-state index in [2.05, 4.69) is 27.7 Å². The van der Waals surface area contributed by atoms with Gasteiger partial charge in [0.15, 0.2) is 5.78 Å². The zero-order valence-corrected chi connectivity index (χ0v) is 13.5. The lowest BCUT2D eigenvalue weighted by Gasteiger charge is -1.93. The first-order chi connectivity index (χ1) is 9.17. The van der Waals surface area contributed by atoms with Crippen LogP contribution in [-0.2, 0) is 0 Å². The molecule has 1 aromatic carbocycles. The van der Waals surface area contributed by atoms with Crippen molar-refractivity contribution in [3.05, 3.63) is 35.9 Å². The van der Waals surface area contributed by atoms with E-state index in [0.29, 0.717) is 6.42 Å². The Morgan fingerprint density at radius 2 is 1.26 bits per heavy atom.